The molecule has 1 aliphatic heterocycles. The van der Waals surface area contributed by atoms with Gasteiger partial charge in [0, 0.05) is 26.2 Å². The molecule has 0 aromatic rings. The topological polar surface area (TPSA) is 52.6 Å². The number of nitrogens with one attached hydrogen (secondary N) is 1. The van der Waals surface area contributed by atoms with E-state index in [9.17, 15) is 9.90 Å². The lowest BCUT2D eigenvalue weighted by Gasteiger charge is -2.18. The molecule has 0 aromatic carbocycles. The van der Waals surface area contributed by atoms with Crippen LogP contribution >= 0.6 is 0 Å². The minimum Gasteiger partial charge on any atom is -0.390 e. The number of β-amino-alcohol motifs (C(OH)–C–C–N with tert-alkyl or cyclic N) is 1. The van der Waals surface area contributed by atoms with Gasteiger partial charge in [-0.2, -0.15) is 0 Å². The van der Waals surface area contributed by atoms with Gasteiger partial charge in [0.2, 0.25) is 0 Å². The monoisotopic (exact) mass is 168 g/mol. The first-order chi connectivity index (χ1) is 5.74. The molecule has 1 saturated heterocycles. The van der Waals surface area contributed by atoms with E-state index in [0.29, 0.717) is 26.2 Å². The number of amides is 1. The fraction of sp³-hybridized carbons (Fsp3) is 0.625. The van der Waals surface area contributed by atoms with Crippen LogP contribution in [0.4, 0.5) is 0 Å². The Balaban J connectivity index is 2.53. The lowest BCUT2D eigenvalue weighted by molar-refractivity contribution is -0.125. The summed E-state index contributed by atoms with van der Waals surface area (Å²) in [6.45, 7) is 2.11. The van der Waals surface area contributed by atoms with Crippen molar-refractivity contribution in [1.82, 2.24) is 10.2 Å². The molecule has 4 heteroatoms. The lowest BCUT2D eigenvalue weighted by Crippen LogP contribution is -2.36. The SMILES string of the molecule is C#CC(=O)N1CCNCC(O)C1. The smallest absolute Gasteiger partial charge is 0.298 e. The Morgan fingerprint density at radius 2 is 2.50 bits per heavy atom. The van der Waals surface area contributed by atoms with Gasteiger partial charge in [-0.3, -0.25) is 4.79 Å². The van der Waals surface area contributed by atoms with Gasteiger partial charge in [-0.05, 0) is 5.92 Å². The molecule has 1 rings (SSSR count). The zero-order valence-electron chi connectivity index (χ0n) is 6.79. The van der Waals surface area contributed by atoms with Gasteiger partial charge in [0.15, 0.2) is 0 Å². The van der Waals surface area contributed by atoms with Crippen molar-refractivity contribution in [3.05, 3.63) is 0 Å². The highest BCUT2D eigenvalue weighted by molar-refractivity contribution is 5.92. The van der Waals surface area contributed by atoms with Crippen LogP contribution in [0.3, 0.4) is 0 Å². The van der Waals surface area contributed by atoms with Gasteiger partial charge in [0.05, 0.1) is 6.10 Å². The van der Waals surface area contributed by atoms with Crippen molar-refractivity contribution in [2.75, 3.05) is 26.2 Å². The van der Waals surface area contributed by atoms with Crippen molar-refractivity contribution in [2.45, 2.75) is 6.10 Å². The average molecular weight is 168 g/mol. The summed E-state index contributed by atoms with van der Waals surface area (Å²) in [6, 6.07) is 0. The predicted molar refractivity (Wildman–Crippen MR) is 44.3 cm³/mol. The largest absolute Gasteiger partial charge is 0.390 e. The molecule has 4 nitrogen and oxygen atoms in total. The number of hydrogen-bond acceptors (Lipinski definition) is 3. The molecule has 0 spiro atoms. The summed E-state index contributed by atoms with van der Waals surface area (Å²) in [5.41, 5.74) is 0. The van der Waals surface area contributed by atoms with Crippen molar-refractivity contribution in [3.63, 3.8) is 0 Å². The van der Waals surface area contributed by atoms with Crippen LogP contribution in [0, 0.1) is 12.3 Å². The number of rotatable bonds is 0. The molecule has 12 heavy (non-hydrogen) atoms. The summed E-state index contributed by atoms with van der Waals surface area (Å²) in [6.07, 6.45) is 4.45. The summed E-state index contributed by atoms with van der Waals surface area (Å²) < 4.78 is 0. The van der Waals surface area contributed by atoms with Gasteiger partial charge >= 0.3 is 0 Å². The van der Waals surface area contributed by atoms with E-state index < -0.39 is 6.10 Å². The first-order valence-electron chi connectivity index (χ1n) is 3.88. The lowest BCUT2D eigenvalue weighted by atomic mass is 10.3. The minimum absolute atomic E-state index is 0.329. The number of aliphatic hydroxyl groups is 1. The van der Waals surface area contributed by atoms with Crippen molar-refractivity contribution < 1.29 is 9.90 Å². The second kappa shape index (κ2) is 4.10. The van der Waals surface area contributed by atoms with E-state index >= 15 is 0 Å². The standard InChI is InChI=1S/C8H12N2O2/c1-2-8(12)10-4-3-9-5-7(11)6-10/h1,7,9,11H,3-6H2. The Labute approximate surface area is 71.6 Å². The van der Waals surface area contributed by atoms with Gasteiger partial charge in [-0.1, -0.05) is 0 Å². The van der Waals surface area contributed by atoms with E-state index in [2.05, 4.69) is 5.32 Å². The molecule has 0 radical (unpaired) electrons. The van der Waals surface area contributed by atoms with E-state index in [1.165, 1.54) is 4.90 Å². The third-order valence-electron chi connectivity index (χ3n) is 1.78. The van der Waals surface area contributed by atoms with Crippen LogP contribution in [-0.2, 0) is 4.79 Å². The molecule has 0 saturated carbocycles. The first kappa shape index (κ1) is 9.04. The Hall–Kier alpha value is -1.05. The molecule has 1 heterocycles. The van der Waals surface area contributed by atoms with E-state index in [1.54, 1.807) is 0 Å². The zero-order chi connectivity index (χ0) is 8.97. The molecule has 1 atom stereocenters. The van der Waals surface area contributed by atoms with Crippen molar-refractivity contribution >= 4 is 5.91 Å². The van der Waals surface area contributed by atoms with Crippen molar-refractivity contribution in [2.24, 2.45) is 0 Å². The highest BCUT2D eigenvalue weighted by atomic mass is 16.3. The zero-order valence-corrected chi connectivity index (χ0v) is 6.79. The Bertz CT molecular complexity index is 210. The Kier molecular flexibility index (Phi) is 3.09. The highest BCUT2D eigenvalue weighted by Gasteiger charge is 2.18. The molecule has 0 aliphatic carbocycles. The van der Waals surface area contributed by atoms with E-state index in [1.807, 2.05) is 5.92 Å². The maximum Gasteiger partial charge on any atom is 0.298 e. The van der Waals surface area contributed by atoms with Gasteiger partial charge in [0.25, 0.3) is 5.91 Å². The third kappa shape index (κ3) is 2.22. The number of nitrogens with zero attached hydrogens (tertiary/aromatic N) is 1. The fourth-order valence-corrected chi connectivity index (χ4v) is 1.17. The van der Waals surface area contributed by atoms with Crippen LogP contribution < -0.4 is 5.32 Å². The third-order valence-corrected chi connectivity index (χ3v) is 1.78. The Morgan fingerprint density at radius 1 is 1.75 bits per heavy atom. The average Bonchev–Trinajstić information content (AvgIpc) is 2.28. The van der Waals surface area contributed by atoms with Gasteiger partial charge in [0.1, 0.15) is 0 Å². The number of aliphatic hydroxyl groups excluding tert-OH is 1. The van der Waals surface area contributed by atoms with E-state index in [4.69, 9.17) is 6.42 Å². The summed E-state index contributed by atoms with van der Waals surface area (Å²) in [5.74, 6) is 1.68. The maximum absolute atomic E-state index is 11.0. The molecule has 0 aromatic heterocycles. The second-order valence-electron chi connectivity index (χ2n) is 2.75. The molecule has 1 amide bonds. The maximum atomic E-state index is 11.0. The minimum atomic E-state index is -0.509. The molecule has 1 aliphatic rings. The summed E-state index contributed by atoms with van der Waals surface area (Å²) in [7, 11) is 0. The normalized spacial score (nSPS) is 24.3. The second-order valence-corrected chi connectivity index (χ2v) is 2.75. The molecule has 2 N–H and O–H groups in total. The molecule has 0 bridgehead atoms. The fourth-order valence-electron chi connectivity index (χ4n) is 1.17. The molecule has 66 valence electrons. The van der Waals surface area contributed by atoms with Crippen molar-refractivity contribution in [3.8, 4) is 12.3 Å². The van der Waals surface area contributed by atoms with Crippen LogP contribution in [0.2, 0.25) is 0 Å². The quantitative estimate of drug-likeness (QED) is 0.429. The highest BCUT2D eigenvalue weighted by Crippen LogP contribution is 1.96. The summed E-state index contributed by atoms with van der Waals surface area (Å²) >= 11 is 0. The van der Waals surface area contributed by atoms with Crippen LogP contribution in [-0.4, -0.2) is 48.2 Å². The van der Waals surface area contributed by atoms with Gasteiger partial charge in [-0.15, -0.1) is 6.42 Å². The summed E-state index contributed by atoms with van der Waals surface area (Å²) in [5, 5.41) is 12.3. The first-order valence-corrected chi connectivity index (χ1v) is 3.88. The van der Waals surface area contributed by atoms with Crippen LogP contribution in [0.15, 0.2) is 0 Å². The Morgan fingerprint density at radius 3 is 3.17 bits per heavy atom. The predicted octanol–water partition coefficient (Wildman–Crippen LogP) is -1.59. The van der Waals surface area contributed by atoms with E-state index in [-0.39, 0.29) is 5.91 Å². The van der Waals surface area contributed by atoms with Crippen LogP contribution in [0.1, 0.15) is 0 Å². The molecule has 1 fully saturated rings. The van der Waals surface area contributed by atoms with Crippen LogP contribution in [0.25, 0.3) is 0 Å². The van der Waals surface area contributed by atoms with Crippen LogP contribution in [0.5, 0.6) is 0 Å². The van der Waals surface area contributed by atoms with Gasteiger partial charge in [-0.25, -0.2) is 0 Å². The summed E-state index contributed by atoms with van der Waals surface area (Å²) in [4.78, 5) is 12.5. The number of terminal acetylenes is 1. The molecular weight excluding hydrogens is 156 g/mol. The number of carbonyl (C=O) groups is 1. The van der Waals surface area contributed by atoms with Gasteiger partial charge < -0.3 is 15.3 Å². The molecular formula is C8H12N2O2. The number of hydrogen-bond donors (Lipinski definition) is 2. The molecule has 1 unspecified atom stereocenters. The van der Waals surface area contributed by atoms with Crippen molar-refractivity contribution in [1.29, 1.82) is 0 Å². The number of carbonyl (C=O) groups excluding carboxylic acids is 1. The van der Waals surface area contributed by atoms with E-state index in [0.717, 1.165) is 0 Å².